The molecule has 1 amide bonds. The van der Waals surface area contributed by atoms with E-state index in [-0.39, 0.29) is 17.8 Å². The number of ether oxygens (including phenoxy) is 2. The second kappa shape index (κ2) is 9.99. The van der Waals surface area contributed by atoms with Gasteiger partial charge in [-0.3, -0.25) is 9.59 Å². The fraction of sp³-hybridized carbons (Fsp3) is 0.154. The Labute approximate surface area is 195 Å². The van der Waals surface area contributed by atoms with Gasteiger partial charge >= 0.3 is 5.97 Å². The van der Waals surface area contributed by atoms with Crippen molar-refractivity contribution in [2.24, 2.45) is 0 Å². The lowest BCUT2D eigenvalue weighted by molar-refractivity contribution is -0.123. The lowest BCUT2D eigenvalue weighted by Gasteiger charge is -2.15. The van der Waals surface area contributed by atoms with Gasteiger partial charge in [-0.25, -0.2) is 9.48 Å². The molecular formula is C26H23N3O5. The van der Waals surface area contributed by atoms with Crippen molar-refractivity contribution >= 4 is 28.3 Å². The quantitative estimate of drug-likeness (QED) is 0.426. The maximum atomic E-state index is 13.0. The number of fused-ring (bicyclic) bond motifs is 1. The summed E-state index contributed by atoms with van der Waals surface area (Å²) in [6, 6.07) is 22.8. The lowest BCUT2D eigenvalue weighted by Crippen LogP contribution is -2.32. The van der Waals surface area contributed by atoms with Gasteiger partial charge in [-0.2, -0.15) is 5.10 Å². The summed E-state index contributed by atoms with van der Waals surface area (Å²) in [7, 11) is 1.55. The second-order valence-corrected chi connectivity index (χ2v) is 7.61. The van der Waals surface area contributed by atoms with Crippen LogP contribution in [0.1, 0.15) is 23.0 Å². The van der Waals surface area contributed by atoms with E-state index in [9.17, 15) is 14.4 Å². The number of anilines is 1. The highest BCUT2D eigenvalue weighted by atomic mass is 16.5. The molecule has 0 saturated carbocycles. The van der Waals surface area contributed by atoms with Crippen LogP contribution in [-0.4, -0.2) is 34.9 Å². The number of hydrogen-bond acceptors (Lipinski definition) is 6. The van der Waals surface area contributed by atoms with Gasteiger partial charge in [-0.05, 0) is 42.8 Å². The van der Waals surface area contributed by atoms with E-state index >= 15 is 0 Å². The number of rotatable bonds is 7. The lowest BCUT2D eigenvalue weighted by atomic mass is 10.1. The molecule has 0 spiro atoms. The molecular weight excluding hydrogens is 434 g/mol. The molecule has 4 rings (SSSR count). The summed E-state index contributed by atoms with van der Waals surface area (Å²) >= 11 is 0. The average Bonchev–Trinajstić information content (AvgIpc) is 2.86. The van der Waals surface area contributed by atoms with Crippen molar-refractivity contribution in [3.8, 4) is 5.75 Å². The van der Waals surface area contributed by atoms with Crippen molar-refractivity contribution < 1.29 is 19.1 Å². The van der Waals surface area contributed by atoms with Crippen molar-refractivity contribution in [2.75, 3.05) is 12.4 Å². The molecule has 0 saturated heterocycles. The first-order valence-corrected chi connectivity index (χ1v) is 10.7. The minimum atomic E-state index is -1.09. The van der Waals surface area contributed by atoms with Gasteiger partial charge in [0.2, 0.25) is 0 Å². The first-order valence-electron chi connectivity index (χ1n) is 10.7. The Morgan fingerprint density at radius 1 is 0.941 bits per heavy atom. The molecule has 0 aliphatic carbocycles. The number of carbonyl (C=O) groups is 2. The van der Waals surface area contributed by atoms with E-state index in [1.165, 1.54) is 11.6 Å². The molecule has 0 radical (unpaired) electrons. The fourth-order valence-electron chi connectivity index (χ4n) is 3.44. The van der Waals surface area contributed by atoms with Crippen LogP contribution in [0.4, 0.5) is 5.69 Å². The fourth-order valence-corrected chi connectivity index (χ4v) is 3.44. The maximum Gasteiger partial charge on any atom is 0.360 e. The van der Waals surface area contributed by atoms with Crippen LogP contribution in [0.2, 0.25) is 0 Å². The van der Waals surface area contributed by atoms with Crippen LogP contribution in [-0.2, 0) is 16.1 Å². The summed E-state index contributed by atoms with van der Waals surface area (Å²) in [5, 5.41) is 7.70. The van der Waals surface area contributed by atoms with Crippen molar-refractivity contribution in [1.29, 1.82) is 0 Å². The molecule has 0 bridgehead atoms. The molecule has 1 atom stereocenters. The minimum absolute atomic E-state index is 0.0322. The smallest absolute Gasteiger partial charge is 0.360 e. The minimum Gasteiger partial charge on any atom is -0.497 e. The molecule has 34 heavy (non-hydrogen) atoms. The van der Waals surface area contributed by atoms with Gasteiger partial charge in [0.05, 0.1) is 19.0 Å². The average molecular weight is 457 g/mol. The number of benzene rings is 3. The standard InChI is InChI=1S/C26H23N3O5/c1-17(24(30)27-19-12-14-20(33-2)15-13-19)34-26(32)23-21-10-6-7-11-22(21)25(31)29(28-23)16-18-8-4-3-5-9-18/h3-15,17H,16H2,1-2H3,(H,27,30). The molecule has 4 aromatic rings. The Bertz CT molecular complexity index is 1380. The number of aromatic nitrogens is 2. The predicted molar refractivity (Wildman–Crippen MR) is 128 cm³/mol. The highest BCUT2D eigenvalue weighted by Gasteiger charge is 2.23. The zero-order valence-electron chi connectivity index (χ0n) is 18.7. The summed E-state index contributed by atoms with van der Waals surface area (Å²) in [4.78, 5) is 38.6. The van der Waals surface area contributed by atoms with Gasteiger partial charge in [0.25, 0.3) is 11.5 Å². The molecule has 0 aliphatic rings. The van der Waals surface area contributed by atoms with Crippen LogP contribution in [0, 0.1) is 0 Å². The number of nitrogens with zero attached hydrogens (tertiary/aromatic N) is 2. The maximum absolute atomic E-state index is 13.0. The monoisotopic (exact) mass is 457 g/mol. The molecule has 0 fully saturated rings. The Morgan fingerprint density at radius 2 is 1.59 bits per heavy atom. The molecule has 1 N–H and O–H groups in total. The molecule has 0 aliphatic heterocycles. The summed E-state index contributed by atoms with van der Waals surface area (Å²) < 4.78 is 11.7. The van der Waals surface area contributed by atoms with E-state index in [4.69, 9.17) is 9.47 Å². The van der Waals surface area contributed by atoms with Gasteiger partial charge < -0.3 is 14.8 Å². The first-order chi connectivity index (χ1) is 16.5. The first kappa shape index (κ1) is 22.7. The van der Waals surface area contributed by atoms with Gasteiger partial charge in [0, 0.05) is 11.1 Å². The number of methoxy groups -OCH3 is 1. The van der Waals surface area contributed by atoms with Crippen LogP contribution in [0.15, 0.2) is 83.7 Å². The summed E-state index contributed by atoms with van der Waals surface area (Å²) in [6.45, 7) is 1.66. The molecule has 1 unspecified atom stereocenters. The number of amides is 1. The Hall–Kier alpha value is -4.46. The van der Waals surface area contributed by atoms with E-state index in [0.717, 1.165) is 5.56 Å². The normalized spacial score (nSPS) is 11.6. The van der Waals surface area contributed by atoms with Crippen molar-refractivity contribution in [2.45, 2.75) is 19.6 Å². The highest BCUT2D eigenvalue weighted by molar-refractivity contribution is 6.03. The third kappa shape index (κ3) is 4.96. The molecule has 172 valence electrons. The topological polar surface area (TPSA) is 99.5 Å². The van der Waals surface area contributed by atoms with Crippen molar-refractivity contribution in [1.82, 2.24) is 9.78 Å². The summed E-state index contributed by atoms with van der Waals surface area (Å²) in [6.07, 6.45) is -1.09. The highest BCUT2D eigenvalue weighted by Crippen LogP contribution is 2.17. The molecule has 8 nitrogen and oxygen atoms in total. The molecule has 8 heteroatoms. The van der Waals surface area contributed by atoms with Crippen LogP contribution in [0.3, 0.4) is 0 Å². The van der Waals surface area contributed by atoms with Gasteiger partial charge in [-0.15, -0.1) is 0 Å². The number of carbonyl (C=O) groups excluding carboxylic acids is 2. The third-order valence-corrected chi connectivity index (χ3v) is 5.25. The number of hydrogen-bond donors (Lipinski definition) is 1. The van der Waals surface area contributed by atoms with E-state index in [1.54, 1.807) is 55.6 Å². The Kier molecular flexibility index (Phi) is 6.68. The van der Waals surface area contributed by atoms with Crippen LogP contribution >= 0.6 is 0 Å². The Balaban J connectivity index is 1.57. The van der Waals surface area contributed by atoms with Crippen LogP contribution in [0.25, 0.3) is 10.8 Å². The molecule has 1 heterocycles. The number of esters is 1. The Morgan fingerprint density at radius 3 is 2.26 bits per heavy atom. The van der Waals surface area contributed by atoms with Crippen molar-refractivity contribution in [3.05, 3.63) is 100 Å². The van der Waals surface area contributed by atoms with Crippen LogP contribution < -0.4 is 15.6 Å². The summed E-state index contributed by atoms with van der Waals surface area (Å²) in [5.74, 6) is -0.642. The zero-order valence-corrected chi connectivity index (χ0v) is 18.7. The van der Waals surface area contributed by atoms with E-state index in [0.29, 0.717) is 22.2 Å². The summed E-state index contributed by atoms with van der Waals surface area (Å²) in [5.41, 5.74) is 1.05. The van der Waals surface area contributed by atoms with Gasteiger partial charge in [0.15, 0.2) is 11.8 Å². The second-order valence-electron chi connectivity index (χ2n) is 7.61. The number of nitrogens with one attached hydrogen (secondary N) is 1. The van der Waals surface area contributed by atoms with E-state index in [1.807, 2.05) is 30.3 Å². The molecule has 1 aromatic heterocycles. The largest absolute Gasteiger partial charge is 0.497 e. The SMILES string of the molecule is COc1ccc(NC(=O)C(C)OC(=O)c2nn(Cc3ccccc3)c(=O)c3ccccc23)cc1. The van der Waals surface area contributed by atoms with Gasteiger partial charge in [0.1, 0.15) is 5.75 Å². The molecule has 3 aromatic carbocycles. The zero-order chi connectivity index (χ0) is 24.1. The predicted octanol–water partition coefficient (Wildman–Crippen LogP) is 3.64. The third-order valence-electron chi connectivity index (χ3n) is 5.25. The van der Waals surface area contributed by atoms with Gasteiger partial charge in [-0.1, -0.05) is 48.5 Å². The van der Waals surface area contributed by atoms with E-state index < -0.39 is 18.0 Å². The van der Waals surface area contributed by atoms with E-state index in [2.05, 4.69) is 10.4 Å². The van der Waals surface area contributed by atoms with Crippen molar-refractivity contribution in [3.63, 3.8) is 0 Å². The van der Waals surface area contributed by atoms with Crippen LogP contribution in [0.5, 0.6) is 5.75 Å².